The maximum atomic E-state index is 13.6. The number of ether oxygens (including phenoxy) is 3. The molecule has 4 rings (SSSR count). The Morgan fingerprint density at radius 2 is 1.68 bits per heavy atom. The number of hydrogen-bond donors (Lipinski definition) is 3. The number of alkyl halides is 3. The summed E-state index contributed by atoms with van der Waals surface area (Å²) in [6.07, 6.45) is -3.73. The molecule has 7 nitrogen and oxygen atoms in total. The topological polar surface area (TPSA) is 85.5 Å². The lowest BCUT2D eigenvalue weighted by Gasteiger charge is -2.20. The highest BCUT2D eigenvalue weighted by Gasteiger charge is 2.28. The van der Waals surface area contributed by atoms with E-state index in [9.17, 15) is 18.0 Å². The Morgan fingerprint density at radius 1 is 1.00 bits per heavy atom. The van der Waals surface area contributed by atoms with Gasteiger partial charge in [0.25, 0.3) is 5.56 Å². The van der Waals surface area contributed by atoms with E-state index >= 15 is 0 Å². The highest BCUT2D eigenvalue weighted by atomic mass is 32.1. The molecule has 4 aromatic rings. The van der Waals surface area contributed by atoms with E-state index < -0.39 is 12.7 Å². The number of benzene rings is 2. The zero-order valence-corrected chi connectivity index (χ0v) is 23.8. The molecule has 0 saturated heterocycles. The van der Waals surface area contributed by atoms with E-state index in [0.717, 1.165) is 11.1 Å². The van der Waals surface area contributed by atoms with Crippen molar-refractivity contribution in [3.05, 3.63) is 63.6 Å². The van der Waals surface area contributed by atoms with E-state index in [1.165, 1.54) is 21.3 Å². The number of aromatic nitrogens is 2. The van der Waals surface area contributed by atoms with Crippen LogP contribution in [0.2, 0.25) is 0 Å². The van der Waals surface area contributed by atoms with Crippen LogP contribution in [0.3, 0.4) is 0 Å². The van der Waals surface area contributed by atoms with Crippen molar-refractivity contribution in [1.82, 2.24) is 9.97 Å². The van der Waals surface area contributed by atoms with Gasteiger partial charge in [-0.3, -0.25) is 4.79 Å². The van der Waals surface area contributed by atoms with E-state index in [1.807, 2.05) is 19.9 Å². The van der Waals surface area contributed by atoms with Crippen molar-refractivity contribution in [2.45, 2.75) is 44.0 Å². The zero-order valence-electron chi connectivity index (χ0n) is 22.9. The Balaban J connectivity index is 1.94. The lowest BCUT2D eigenvalue weighted by molar-refractivity contribution is -0.115. The first-order valence-corrected chi connectivity index (χ1v) is 13.2. The van der Waals surface area contributed by atoms with Crippen molar-refractivity contribution in [2.75, 3.05) is 33.2 Å². The molecule has 0 spiro atoms. The molecule has 2 unspecified atom stereocenters. The van der Waals surface area contributed by atoms with Crippen molar-refractivity contribution >= 4 is 40.1 Å². The van der Waals surface area contributed by atoms with Crippen LogP contribution in [0.5, 0.6) is 17.2 Å². The average molecular weight is 576 g/mol. The van der Waals surface area contributed by atoms with Crippen molar-refractivity contribution in [1.29, 1.82) is 0 Å². The molecule has 2 N–H and O–H groups in total. The van der Waals surface area contributed by atoms with E-state index in [2.05, 4.69) is 27.9 Å². The first-order valence-electron chi connectivity index (χ1n) is 12.7. The highest BCUT2D eigenvalue weighted by molar-refractivity contribution is 7.80. The molecule has 0 aliphatic rings. The fourth-order valence-corrected chi connectivity index (χ4v) is 5.24. The SMILES string of the molecule is COc1ccc2nc(NCC(F)(F)F)c(Cc3c(=O)[nH]c(C(C)CC(C)S)c4cc(OC)c(OC)cc34)cc2c1. The summed E-state index contributed by atoms with van der Waals surface area (Å²) in [6.45, 7) is 2.72. The molecule has 2 heterocycles. The first-order chi connectivity index (χ1) is 18.9. The Labute approximate surface area is 235 Å². The van der Waals surface area contributed by atoms with Gasteiger partial charge in [0.1, 0.15) is 18.1 Å². The molecule has 0 radical (unpaired) electrons. The molecule has 2 atom stereocenters. The molecule has 0 fully saturated rings. The molecule has 2 aromatic carbocycles. The second-order valence-electron chi connectivity index (χ2n) is 9.79. The zero-order chi connectivity index (χ0) is 29.2. The Bertz CT molecular complexity index is 1590. The molecular formula is C29H32F3N3O4S. The van der Waals surface area contributed by atoms with Gasteiger partial charge in [-0.2, -0.15) is 25.8 Å². The minimum absolute atomic E-state index is 0.0132. The predicted octanol–water partition coefficient (Wildman–Crippen LogP) is 6.48. The molecule has 0 saturated carbocycles. The second kappa shape index (κ2) is 11.9. The third-order valence-electron chi connectivity index (χ3n) is 6.77. The van der Waals surface area contributed by atoms with Crippen molar-refractivity contribution in [3.63, 3.8) is 0 Å². The van der Waals surface area contributed by atoms with Crippen LogP contribution in [0.4, 0.5) is 19.0 Å². The number of nitrogens with zero attached hydrogens (tertiary/aromatic N) is 1. The molecular weight excluding hydrogens is 543 g/mol. The molecule has 0 amide bonds. The van der Waals surface area contributed by atoms with Crippen LogP contribution in [0.25, 0.3) is 21.7 Å². The Morgan fingerprint density at radius 3 is 2.27 bits per heavy atom. The van der Waals surface area contributed by atoms with E-state index in [4.69, 9.17) is 14.2 Å². The average Bonchev–Trinajstić information content (AvgIpc) is 2.91. The number of fused-ring (bicyclic) bond motifs is 2. The van der Waals surface area contributed by atoms with Crippen LogP contribution in [0.15, 0.2) is 41.2 Å². The summed E-state index contributed by atoms with van der Waals surface area (Å²) in [5, 5.41) is 4.55. The number of thiol groups is 1. The number of H-pyrrole nitrogens is 1. The Hall–Kier alpha value is -3.60. The molecule has 0 aliphatic heterocycles. The summed E-state index contributed by atoms with van der Waals surface area (Å²) in [6, 6.07) is 10.4. The fraction of sp³-hybridized carbons (Fsp3) is 0.379. The molecule has 0 aliphatic carbocycles. The largest absolute Gasteiger partial charge is 0.497 e. The van der Waals surface area contributed by atoms with Gasteiger partial charge in [-0.15, -0.1) is 0 Å². The summed E-state index contributed by atoms with van der Waals surface area (Å²) >= 11 is 4.52. The molecule has 2 aromatic heterocycles. The molecule has 11 heteroatoms. The number of halogens is 3. The molecule has 214 valence electrons. The maximum absolute atomic E-state index is 13.6. The quantitative estimate of drug-likeness (QED) is 0.188. The van der Waals surface area contributed by atoms with Crippen LogP contribution < -0.4 is 25.1 Å². The van der Waals surface area contributed by atoms with Gasteiger partial charge in [-0.1, -0.05) is 13.8 Å². The van der Waals surface area contributed by atoms with Gasteiger partial charge in [0.05, 0.1) is 26.8 Å². The third kappa shape index (κ3) is 6.41. The molecule has 40 heavy (non-hydrogen) atoms. The van der Waals surface area contributed by atoms with Gasteiger partial charge < -0.3 is 24.5 Å². The standard InChI is InChI=1S/C29H32F3N3O4S/c1-15(8-16(2)40)26-21-13-25(39-5)24(38-4)12-20(21)22(28(36)35-26)11-18-9-17-10-19(37-3)6-7-23(17)34-27(18)33-14-29(30,31)32/h6-7,9-10,12-13,15-16,40H,8,11,14H2,1-5H3,(H,33,34)(H,35,36). The molecule has 0 bridgehead atoms. The van der Waals surface area contributed by atoms with E-state index in [-0.39, 0.29) is 29.0 Å². The minimum atomic E-state index is -4.45. The van der Waals surface area contributed by atoms with Gasteiger partial charge in [0.15, 0.2) is 11.5 Å². The van der Waals surface area contributed by atoms with Crippen LogP contribution in [-0.2, 0) is 6.42 Å². The van der Waals surface area contributed by atoms with Crippen molar-refractivity contribution < 1.29 is 27.4 Å². The van der Waals surface area contributed by atoms with E-state index in [0.29, 0.717) is 51.1 Å². The smallest absolute Gasteiger partial charge is 0.405 e. The number of anilines is 1. The normalized spacial score (nSPS) is 13.3. The minimum Gasteiger partial charge on any atom is -0.497 e. The van der Waals surface area contributed by atoms with Gasteiger partial charge in [0, 0.05) is 28.5 Å². The van der Waals surface area contributed by atoms with Crippen molar-refractivity contribution in [3.8, 4) is 17.2 Å². The fourth-order valence-electron chi connectivity index (χ4n) is 4.92. The number of rotatable bonds is 10. The maximum Gasteiger partial charge on any atom is 0.405 e. The van der Waals surface area contributed by atoms with Crippen molar-refractivity contribution in [2.24, 2.45) is 0 Å². The Kier molecular flexibility index (Phi) is 8.72. The highest BCUT2D eigenvalue weighted by Crippen LogP contribution is 2.38. The van der Waals surface area contributed by atoms with Gasteiger partial charge in [0.2, 0.25) is 0 Å². The van der Waals surface area contributed by atoms with Gasteiger partial charge >= 0.3 is 6.18 Å². The third-order valence-corrected chi connectivity index (χ3v) is 6.98. The first kappa shape index (κ1) is 29.4. The number of methoxy groups -OCH3 is 3. The second-order valence-corrected chi connectivity index (χ2v) is 10.7. The number of aromatic amines is 1. The van der Waals surface area contributed by atoms with Crippen LogP contribution in [0.1, 0.15) is 43.0 Å². The van der Waals surface area contributed by atoms with E-state index in [1.54, 1.807) is 30.3 Å². The van der Waals surface area contributed by atoms with Crippen LogP contribution in [0, 0.1) is 0 Å². The summed E-state index contributed by atoms with van der Waals surface area (Å²) < 4.78 is 55.8. The summed E-state index contributed by atoms with van der Waals surface area (Å²) in [5.74, 6) is 1.51. The van der Waals surface area contributed by atoms with Gasteiger partial charge in [-0.25, -0.2) is 4.98 Å². The number of hydrogen-bond acceptors (Lipinski definition) is 7. The van der Waals surface area contributed by atoms with Crippen LogP contribution >= 0.6 is 12.6 Å². The lowest BCUT2D eigenvalue weighted by atomic mass is 9.92. The summed E-state index contributed by atoms with van der Waals surface area (Å²) in [7, 11) is 4.56. The van der Waals surface area contributed by atoms with Gasteiger partial charge in [-0.05, 0) is 64.9 Å². The summed E-state index contributed by atoms with van der Waals surface area (Å²) in [5.41, 5.74) is 1.66. The van der Waals surface area contributed by atoms with Crippen LogP contribution in [-0.4, -0.2) is 49.3 Å². The predicted molar refractivity (Wildman–Crippen MR) is 155 cm³/mol. The monoisotopic (exact) mass is 575 g/mol. The number of nitrogens with one attached hydrogen (secondary N) is 2. The summed E-state index contributed by atoms with van der Waals surface area (Å²) in [4.78, 5) is 21.1. The lowest BCUT2D eigenvalue weighted by Crippen LogP contribution is -2.23. The number of pyridine rings is 2.